The first-order valence-electron chi connectivity index (χ1n) is 20.8. The fourth-order valence-electron chi connectivity index (χ4n) is 11.1. The van der Waals surface area contributed by atoms with Crippen molar-refractivity contribution in [2.45, 2.75) is 99.7 Å². The van der Waals surface area contributed by atoms with Crippen molar-refractivity contribution in [3.05, 3.63) is 70.3 Å². The Kier molecular flexibility index (Phi) is 11.7. The fraction of sp³-hybridized carbons (Fsp3) is 0.674. The van der Waals surface area contributed by atoms with Crippen LogP contribution in [-0.4, -0.2) is 111 Å². The number of nitrogens with one attached hydrogen (secondary N) is 1. The normalized spacial score (nSPS) is 36.1. The number of anilines is 1. The van der Waals surface area contributed by atoms with Gasteiger partial charge in [-0.25, -0.2) is 8.42 Å². The van der Waals surface area contributed by atoms with Gasteiger partial charge in [-0.05, 0) is 123 Å². The van der Waals surface area contributed by atoms with Crippen LogP contribution in [0.25, 0.3) is 0 Å². The largest absolute Gasteiger partial charge is 0.490 e. The molecule has 8 rings (SSSR count). The highest BCUT2D eigenvalue weighted by Gasteiger charge is 2.50. The van der Waals surface area contributed by atoms with E-state index < -0.39 is 27.1 Å². The maximum absolute atomic E-state index is 14.0. The molecule has 0 amide bonds. The summed E-state index contributed by atoms with van der Waals surface area (Å²) in [6.45, 7) is 8.84. The predicted molar refractivity (Wildman–Crippen MR) is 217 cm³/mol. The van der Waals surface area contributed by atoms with Crippen molar-refractivity contribution < 1.29 is 28.1 Å². The number of rotatable bonds is 5. The van der Waals surface area contributed by atoms with Gasteiger partial charge in [0.2, 0.25) is 10.0 Å². The molecule has 1 spiro atoms. The number of hydrogen-bond acceptors (Lipinski definition) is 9. The van der Waals surface area contributed by atoms with Crippen LogP contribution < -0.4 is 14.4 Å². The van der Waals surface area contributed by atoms with E-state index in [4.69, 9.17) is 21.1 Å². The van der Waals surface area contributed by atoms with Gasteiger partial charge < -0.3 is 24.6 Å². The van der Waals surface area contributed by atoms with Gasteiger partial charge in [-0.2, -0.15) is 4.72 Å². The van der Waals surface area contributed by atoms with Gasteiger partial charge in [0.25, 0.3) is 0 Å². The van der Waals surface area contributed by atoms with E-state index in [1.54, 1.807) is 6.07 Å². The Bertz CT molecular complexity index is 1830. The van der Waals surface area contributed by atoms with E-state index in [0.717, 1.165) is 87.8 Å². The number of halogens is 1. The lowest BCUT2D eigenvalue weighted by atomic mass is 9.63. The summed E-state index contributed by atoms with van der Waals surface area (Å²) >= 11 is 6.53. The van der Waals surface area contributed by atoms with E-state index in [0.29, 0.717) is 30.6 Å². The lowest BCUT2D eigenvalue weighted by molar-refractivity contribution is -0.100. The number of aliphatic hydroxyl groups is 2. The molecule has 0 radical (unpaired) electrons. The zero-order valence-corrected chi connectivity index (χ0v) is 34.2. The van der Waals surface area contributed by atoms with Crippen molar-refractivity contribution in [2.75, 3.05) is 71.0 Å². The van der Waals surface area contributed by atoms with Crippen LogP contribution in [-0.2, 0) is 26.6 Å². The topological polar surface area (TPSA) is 115 Å². The quantitative estimate of drug-likeness (QED) is 0.331. The summed E-state index contributed by atoms with van der Waals surface area (Å²) < 4.78 is 44.1. The smallest absolute Gasteiger partial charge is 0.217 e. The highest BCUT2D eigenvalue weighted by atomic mass is 35.5. The van der Waals surface area contributed by atoms with Crippen LogP contribution in [0.15, 0.2) is 48.6 Å². The summed E-state index contributed by atoms with van der Waals surface area (Å²) in [4.78, 5) is 7.78. The molecule has 8 atom stereocenters. The third-order valence-electron chi connectivity index (χ3n) is 14.3. The van der Waals surface area contributed by atoms with Gasteiger partial charge in [-0.1, -0.05) is 49.2 Å². The van der Waals surface area contributed by atoms with Crippen LogP contribution in [0.1, 0.15) is 87.6 Å². The lowest BCUT2D eigenvalue weighted by Crippen LogP contribution is -2.61. The third kappa shape index (κ3) is 7.86. The Labute approximate surface area is 333 Å². The first kappa shape index (κ1) is 39.6. The number of ether oxygens (including phenoxy) is 2. The molecule has 4 heterocycles. The summed E-state index contributed by atoms with van der Waals surface area (Å²) in [7, 11) is -2.17. The summed E-state index contributed by atoms with van der Waals surface area (Å²) in [5.41, 5.74) is 3.10. The molecule has 0 aromatic heterocycles. The summed E-state index contributed by atoms with van der Waals surface area (Å²) in [5, 5.41) is 21.4. The first-order valence-corrected chi connectivity index (χ1v) is 22.8. The zero-order valence-electron chi connectivity index (χ0n) is 32.7. The molecule has 6 aliphatic rings. The Balaban J connectivity index is 1.19. The highest BCUT2D eigenvalue weighted by molar-refractivity contribution is 7.90. The van der Waals surface area contributed by atoms with Gasteiger partial charge in [-0.3, -0.25) is 9.80 Å². The van der Waals surface area contributed by atoms with Crippen molar-refractivity contribution in [1.82, 2.24) is 14.5 Å². The van der Waals surface area contributed by atoms with Crippen molar-refractivity contribution in [3.63, 3.8) is 0 Å². The molecule has 4 unspecified atom stereocenters. The minimum atomic E-state index is -4.03. The number of sulfonamides is 1. The van der Waals surface area contributed by atoms with Crippen LogP contribution in [0.5, 0.6) is 5.75 Å². The number of aliphatic hydroxyl groups excluding tert-OH is 2. The molecule has 55 heavy (non-hydrogen) atoms. The van der Waals surface area contributed by atoms with Crippen LogP contribution in [0.4, 0.5) is 5.69 Å². The highest BCUT2D eigenvalue weighted by Crippen LogP contribution is 2.49. The van der Waals surface area contributed by atoms with Gasteiger partial charge >= 0.3 is 0 Å². The Morgan fingerprint density at radius 1 is 1.05 bits per heavy atom. The number of fused-ring (bicyclic) bond motifs is 5. The van der Waals surface area contributed by atoms with Crippen molar-refractivity contribution >= 4 is 27.3 Å². The number of allylic oxidation sites excluding steroid dienone is 1. The Morgan fingerprint density at radius 3 is 2.73 bits per heavy atom. The molecule has 2 aromatic carbocycles. The molecule has 2 aliphatic carbocycles. The van der Waals surface area contributed by atoms with Gasteiger partial charge in [0.1, 0.15) is 17.6 Å². The molecular formula is C43H61ClN4O6S. The van der Waals surface area contributed by atoms with Crippen LogP contribution >= 0.6 is 11.6 Å². The molecule has 10 nitrogen and oxygen atoms in total. The molecular weight excluding hydrogens is 736 g/mol. The number of nitrogens with zero attached hydrogens (tertiary/aromatic N) is 3. The summed E-state index contributed by atoms with van der Waals surface area (Å²) in [5.74, 6) is 1.04. The molecule has 3 fully saturated rings. The number of methoxy groups -OCH3 is 1. The van der Waals surface area contributed by atoms with E-state index in [-0.39, 0.29) is 30.3 Å². The van der Waals surface area contributed by atoms with Crippen molar-refractivity contribution in [3.8, 4) is 5.75 Å². The predicted octanol–water partition coefficient (Wildman–Crippen LogP) is 5.65. The van der Waals surface area contributed by atoms with E-state index in [1.807, 2.05) is 32.2 Å². The van der Waals surface area contributed by atoms with E-state index >= 15 is 0 Å². The summed E-state index contributed by atoms with van der Waals surface area (Å²) in [6, 6.07) is 12.5. The Hall–Kier alpha value is -2.22. The maximum Gasteiger partial charge on any atom is 0.217 e. The van der Waals surface area contributed by atoms with Crippen LogP contribution in [0.2, 0.25) is 5.02 Å². The Morgan fingerprint density at radius 2 is 1.93 bits per heavy atom. The second-order valence-electron chi connectivity index (χ2n) is 17.6. The van der Waals surface area contributed by atoms with E-state index in [2.05, 4.69) is 43.7 Å². The number of piperazine rings is 1. The van der Waals surface area contributed by atoms with Gasteiger partial charge in [0.15, 0.2) is 0 Å². The van der Waals surface area contributed by atoms with Gasteiger partial charge in [0.05, 0.1) is 17.5 Å². The van der Waals surface area contributed by atoms with Gasteiger partial charge in [0, 0.05) is 69.5 Å². The minimum Gasteiger partial charge on any atom is -0.490 e. The van der Waals surface area contributed by atoms with Crippen LogP contribution in [0, 0.1) is 17.8 Å². The molecule has 2 aromatic rings. The molecule has 1 saturated carbocycles. The average Bonchev–Trinajstić information content (AvgIpc) is 3.31. The molecule has 4 aliphatic heterocycles. The third-order valence-corrected chi connectivity index (χ3v) is 16.6. The van der Waals surface area contributed by atoms with E-state index in [9.17, 15) is 18.6 Å². The molecule has 12 heteroatoms. The standard InChI is InChI=1S/C43H61ClN4O6S/c1-30-7-5-18-43(53-2,28-46-20-21-47-19-4-3-9-35(47)26-46)37-13-10-33(37)25-48-27-42(17-6-8-31-23-34(44)12-14-36(31)42)29-54-39-15-11-32(24-38(39)48)41(50)45-55(51,52)40(30)16-22-49/h5,11-12,14-15,18,23-24,30,33,35,37,40-41,45,49-50H,3-4,6-10,13,16-17,19-22,25-29H2,1-2H3/b18-5+/t30-,33-,35?,37?,40?,41?,42-,43-/m0/s1. The number of benzene rings is 2. The lowest BCUT2D eigenvalue weighted by Gasteiger charge is -2.53. The summed E-state index contributed by atoms with van der Waals surface area (Å²) in [6.07, 6.45) is 12.5. The first-order chi connectivity index (χ1) is 26.5. The zero-order chi connectivity index (χ0) is 38.4. The maximum atomic E-state index is 14.0. The molecule has 302 valence electrons. The SMILES string of the molecule is CO[C@]1(CN2CCN3CCCCC3C2)/C=C/C[C@H](C)C(CCO)S(=O)(=O)NC(O)c2ccc3c(c2)N(C[C@@H]2CCC21)C[C@@]1(CCCc2cc(Cl)ccc21)CO3. The van der Waals surface area contributed by atoms with Gasteiger partial charge in [-0.15, -0.1) is 0 Å². The number of aryl methyl sites for hydroxylation is 1. The fourth-order valence-corrected chi connectivity index (χ4v) is 13.1. The van der Waals surface area contributed by atoms with E-state index in [1.165, 1.54) is 36.9 Å². The van der Waals surface area contributed by atoms with Crippen molar-refractivity contribution in [2.24, 2.45) is 17.8 Å². The van der Waals surface area contributed by atoms with Crippen LogP contribution in [0.3, 0.4) is 0 Å². The monoisotopic (exact) mass is 796 g/mol. The second-order valence-corrected chi connectivity index (χ2v) is 20.0. The number of piperidine rings is 1. The van der Waals surface area contributed by atoms with Crippen molar-refractivity contribution in [1.29, 1.82) is 0 Å². The molecule has 2 bridgehead atoms. The second kappa shape index (κ2) is 16.2. The average molecular weight is 798 g/mol. The molecule has 2 saturated heterocycles. The number of hydrogen-bond donors (Lipinski definition) is 3. The molecule has 3 N–H and O–H groups in total. The minimum absolute atomic E-state index is 0.0728.